The van der Waals surface area contributed by atoms with Crippen molar-refractivity contribution in [3.05, 3.63) is 54.6 Å². The molecule has 24 heavy (non-hydrogen) atoms. The average Bonchev–Trinajstić information content (AvgIpc) is 2.55. The zero-order valence-corrected chi connectivity index (χ0v) is 14.4. The molecule has 0 bridgehead atoms. The summed E-state index contributed by atoms with van der Waals surface area (Å²) in [6.07, 6.45) is 0. The lowest BCUT2D eigenvalue weighted by Gasteiger charge is -2.10. The molecule has 124 valence electrons. The Kier molecular flexibility index (Phi) is 5.26. The second kappa shape index (κ2) is 7.19. The van der Waals surface area contributed by atoms with Crippen molar-refractivity contribution in [3.63, 3.8) is 0 Å². The number of rotatable bonds is 1. The van der Waals surface area contributed by atoms with Gasteiger partial charge in [0.2, 0.25) is 5.96 Å². The molecule has 3 rings (SSSR count). The van der Waals surface area contributed by atoms with E-state index < -0.39 is 0 Å². The third kappa shape index (κ3) is 3.41. The van der Waals surface area contributed by atoms with Crippen LogP contribution in [0.5, 0.6) is 0 Å². The van der Waals surface area contributed by atoms with E-state index in [1.54, 1.807) is 19.0 Å². The van der Waals surface area contributed by atoms with Crippen molar-refractivity contribution in [2.45, 2.75) is 0 Å². The van der Waals surface area contributed by atoms with Crippen molar-refractivity contribution in [2.24, 2.45) is 21.5 Å². The molecule has 0 fully saturated rings. The Hall–Kier alpha value is -2.79. The Morgan fingerprint density at radius 1 is 0.875 bits per heavy atom. The molecule has 0 atom stereocenters. The molecule has 0 saturated heterocycles. The fraction of sp³-hybridized carbons (Fsp3) is 0.111. The molecule has 0 amide bonds. The second-order valence-corrected chi connectivity index (χ2v) is 5.50. The quantitative estimate of drug-likeness (QED) is 0.405. The third-order valence-electron chi connectivity index (χ3n) is 3.67. The zero-order chi connectivity index (χ0) is 16.4. The van der Waals surface area contributed by atoms with Crippen LogP contribution in [0.1, 0.15) is 0 Å². The molecular weight excluding hydrogens is 322 g/mol. The number of fused-ring (bicyclic) bond motifs is 3. The van der Waals surface area contributed by atoms with Gasteiger partial charge >= 0.3 is 0 Å². The van der Waals surface area contributed by atoms with Crippen LogP contribution in [0.15, 0.2) is 64.6 Å². The minimum atomic E-state index is 0. The van der Waals surface area contributed by atoms with Gasteiger partial charge < -0.3 is 16.4 Å². The summed E-state index contributed by atoms with van der Waals surface area (Å²) in [7, 11) is 3.61. The lowest BCUT2D eigenvalue weighted by molar-refractivity contribution is 0.615. The molecule has 3 aromatic carbocycles. The number of nitrogens with zero attached hydrogens (tertiary/aromatic N) is 3. The highest BCUT2D eigenvalue weighted by molar-refractivity contribution is 6.13. The summed E-state index contributed by atoms with van der Waals surface area (Å²) in [5, 5.41) is 4.48. The molecule has 0 aliphatic rings. The van der Waals surface area contributed by atoms with E-state index in [1.807, 2.05) is 36.4 Å². The van der Waals surface area contributed by atoms with Gasteiger partial charge in [0.15, 0.2) is 5.96 Å². The highest BCUT2D eigenvalue weighted by atomic mass is 35.5. The van der Waals surface area contributed by atoms with Crippen LogP contribution in [0.4, 0.5) is 5.69 Å². The van der Waals surface area contributed by atoms with E-state index in [0.717, 1.165) is 21.8 Å². The number of benzene rings is 3. The first-order valence-corrected chi connectivity index (χ1v) is 7.32. The molecule has 0 aliphatic carbocycles. The van der Waals surface area contributed by atoms with Gasteiger partial charge in [-0.3, -0.25) is 0 Å². The van der Waals surface area contributed by atoms with Gasteiger partial charge in [0.05, 0.1) is 5.69 Å². The molecule has 0 spiro atoms. The molecule has 6 heteroatoms. The van der Waals surface area contributed by atoms with Gasteiger partial charge in [0.25, 0.3) is 0 Å². The van der Waals surface area contributed by atoms with E-state index in [9.17, 15) is 0 Å². The van der Waals surface area contributed by atoms with Crippen LogP contribution < -0.4 is 11.5 Å². The average molecular weight is 342 g/mol. The maximum absolute atomic E-state index is 5.94. The summed E-state index contributed by atoms with van der Waals surface area (Å²) >= 11 is 0. The van der Waals surface area contributed by atoms with Crippen LogP contribution in [-0.4, -0.2) is 30.9 Å². The molecule has 0 heterocycles. The summed E-state index contributed by atoms with van der Waals surface area (Å²) < 4.78 is 0. The molecular formula is C18H20ClN5. The van der Waals surface area contributed by atoms with E-state index in [0.29, 0.717) is 5.96 Å². The lowest BCUT2D eigenvalue weighted by atomic mass is 10.0. The molecule has 3 aromatic rings. The Balaban J connectivity index is 0.00000208. The van der Waals surface area contributed by atoms with Gasteiger partial charge in [-0.2, -0.15) is 4.99 Å². The molecule has 0 unspecified atom stereocenters. The fourth-order valence-corrected chi connectivity index (χ4v) is 2.49. The monoisotopic (exact) mass is 341 g/mol. The van der Waals surface area contributed by atoms with E-state index >= 15 is 0 Å². The first-order valence-electron chi connectivity index (χ1n) is 7.32. The number of halogens is 1. The summed E-state index contributed by atoms with van der Waals surface area (Å²) in [5.41, 5.74) is 12.5. The summed E-state index contributed by atoms with van der Waals surface area (Å²) in [6, 6.07) is 18.4. The van der Waals surface area contributed by atoms with Gasteiger partial charge in [-0.1, -0.05) is 48.5 Å². The summed E-state index contributed by atoms with van der Waals surface area (Å²) in [6.45, 7) is 0. The fourth-order valence-electron chi connectivity index (χ4n) is 2.49. The van der Waals surface area contributed by atoms with Crippen molar-refractivity contribution >= 4 is 51.6 Å². The van der Waals surface area contributed by atoms with E-state index in [1.165, 1.54) is 5.39 Å². The van der Waals surface area contributed by atoms with Gasteiger partial charge in [0, 0.05) is 19.5 Å². The Labute approximate surface area is 147 Å². The zero-order valence-electron chi connectivity index (χ0n) is 13.6. The predicted molar refractivity (Wildman–Crippen MR) is 105 cm³/mol. The molecule has 0 aromatic heterocycles. The standard InChI is InChI=1S/C18H19N5.ClH/c1-23(2)18(20)22-17(19)21-16-11-12-7-3-4-8-13(12)14-9-5-6-10-15(14)16;/h3-11H,1-2H3,(H4,19,20,21,22);1H. The highest BCUT2D eigenvalue weighted by Crippen LogP contribution is 2.33. The maximum atomic E-state index is 5.94. The van der Waals surface area contributed by atoms with E-state index in [4.69, 9.17) is 11.5 Å². The van der Waals surface area contributed by atoms with Crippen LogP contribution in [0.25, 0.3) is 21.5 Å². The number of hydrogen-bond donors (Lipinski definition) is 2. The second-order valence-electron chi connectivity index (χ2n) is 5.50. The number of aliphatic imine (C=N–C) groups is 2. The minimum Gasteiger partial charge on any atom is -0.369 e. The van der Waals surface area contributed by atoms with Crippen LogP contribution in [0, 0.1) is 0 Å². The van der Waals surface area contributed by atoms with E-state index in [-0.39, 0.29) is 18.4 Å². The van der Waals surface area contributed by atoms with Crippen molar-refractivity contribution in [1.82, 2.24) is 4.90 Å². The van der Waals surface area contributed by atoms with Crippen LogP contribution in [0.2, 0.25) is 0 Å². The van der Waals surface area contributed by atoms with Gasteiger partial charge in [-0.05, 0) is 22.2 Å². The Morgan fingerprint density at radius 3 is 2.12 bits per heavy atom. The van der Waals surface area contributed by atoms with Crippen LogP contribution in [0.3, 0.4) is 0 Å². The highest BCUT2D eigenvalue weighted by Gasteiger charge is 2.06. The number of hydrogen-bond acceptors (Lipinski definition) is 1. The molecule has 0 saturated carbocycles. The normalized spacial score (nSPS) is 12.2. The predicted octanol–water partition coefficient (Wildman–Crippen LogP) is 3.24. The molecule has 4 N–H and O–H groups in total. The molecule has 5 nitrogen and oxygen atoms in total. The minimum absolute atomic E-state index is 0. The smallest absolute Gasteiger partial charge is 0.223 e. The number of guanidine groups is 2. The maximum Gasteiger partial charge on any atom is 0.223 e. The van der Waals surface area contributed by atoms with Crippen molar-refractivity contribution in [3.8, 4) is 0 Å². The van der Waals surface area contributed by atoms with Gasteiger partial charge in [0.1, 0.15) is 0 Å². The Morgan fingerprint density at radius 2 is 1.46 bits per heavy atom. The first kappa shape index (κ1) is 17.6. The summed E-state index contributed by atoms with van der Waals surface area (Å²) in [5.74, 6) is 0.452. The largest absolute Gasteiger partial charge is 0.369 e. The Bertz CT molecular complexity index is 931. The van der Waals surface area contributed by atoms with E-state index in [2.05, 4.69) is 28.2 Å². The molecule has 0 radical (unpaired) electrons. The van der Waals surface area contributed by atoms with Gasteiger partial charge in [-0.25, -0.2) is 4.99 Å². The topological polar surface area (TPSA) is 80.0 Å². The van der Waals surface area contributed by atoms with Crippen LogP contribution >= 0.6 is 12.4 Å². The van der Waals surface area contributed by atoms with Gasteiger partial charge in [-0.15, -0.1) is 12.4 Å². The summed E-state index contributed by atoms with van der Waals surface area (Å²) in [4.78, 5) is 10.2. The van der Waals surface area contributed by atoms with Crippen LogP contribution in [-0.2, 0) is 0 Å². The number of nitrogens with two attached hydrogens (primary N) is 2. The first-order chi connectivity index (χ1) is 11.1. The third-order valence-corrected chi connectivity index (χ3v) is 3.67. The van der Waals surface area contributed by atoms with Crippen molar-refractivity contribution in [1.29, 1.82) is 0 Å². The SMILES string of the molecule is CN(C)/C(N)=N\C(N)=Nc1cc2ccccc2c2ccccc12.Cl. The molecule has 0 aliphatic heterocycles. The van der Waals surface area contributed by atoms with Crippen molar-refractivity contribution in [2.75, 3.05) is 14.1 Å². The van der Waals surface area contributed by atoms with Crippen molar-refractivity contribution < 1.29 is 0 Å². The lowest BCUT2D eigenvalue weighted by Crippen LogP contribution is -2.32.